The highest BCUT2D eigenvalue weighted by Crippen LogP contribution is 2.27. The summed E-state index contributed by atoms with van der Waals surface area (Å²) in [5.41, 5.74) is 2.36. The van der Waals surface area contributed by atoms with Crippen LogP contribution in [0.3, 0.4) is 0 Å². The van der Waals surface area contributed by atoms with Crippen molar-refractivity contribution in [2.45, 2.75) is 31.7 Å². The molecule has 0 amide bonds. The van der Waals surface area contributed by atoms with Gasteiger partial charge >= 0.3 is 0 Å². The Bertz CT molecular complexity index is 929. The Morgan fingerprint density at radius 1 is 1.00 bits per heavy atom. The minimum absolute atomic E-state index is 0.326. The lowest BCUT2D eigenvalue weighted by Gasteiger charge is -2.15. The molecule has 0 radical (unpaired) electrons. The highest BCUT2D eigenvalue weighted by Gasteiger charge is 2.17. The Balaban J connectivity index is 1.67. The van der Waals surface area contributed by atoms with Crippen molar-refractivity contribution in [3.05, 3.63) is 59.1 Å². The normalized spacial score (nSPS) is 14.3. The number of aromatic nitrogens is 3. The van der Waals surface area contributed by atoms with E-state index in [4.69, 9.17) is 0 Å². The van der Waals surface area contributed by atoms with Gasteiger partial charge in [-0.25, -0.2) is 9.37 Å². The monoisotopic (exact) mass is 427 g/mol. The molecule has 1 fully saturated rings. The van der Waals surface area contributed by atoms with E-state index < -0.39 is 0 Å². The molecule has 7 heteroatoms. The number of hydrogen-bond donors (Lipinski definition) is 2. The van der Waals surface area contributed by atoms with Gasteiger partial charge in [0.1, 0.15) is 11.6 Å². The first kappa shape index (κ1) is 17.9. The van der Waals surface area contributed by atoms with Crippen molar-refractivity contribution < 1.29 is 4.39 Å². The average molecular weight is 428 g/mol. The Morgan fingerprint density at radius 2 is 1.78 bits per heavy atom. The molecule has 27 heavy (non-hydrogen) atoms. The average Bonchev–Trinajstić information content (AvgIpc) is 3.18. The maximum absolute atomic E-state index is 13.8. The summed E-state index contributed by atoms with van der Waals surface area (Å²) in [7, 11) is 0. The number of halogens is 2. The van der Waals surface area contributed by atoms with Gasteiger partial charge in [0.2, 0.25) is 5.95 Å². The van der Waals surface area contributed by atoms with Crippen LogP contribution in [0.2, 0.25) is 0 Å². The third-order valence-corrected chi connectivity index (χ3v) is 5.23. The molecule has 2 heterocycles. The number of anilines is 3. The molecule has 5 nitrogen and oxygen atoms in total. The van der Waals surface area contributed by atoms with E-state index in [0.717, 1.165) is 24.1 Å². The van der Waals surface area contributed by atoms with Crippen LogP contribution < -0.4 is 10.6 Å². The van der Waals surface area contributed by atoms with E-state index in [1.54, 1.807) is 24.5 Å². The van der Waals surface area contributed by atoms with Crippen molar-refractivity contribution >= 4 is 33.4 Å². The van der Waals surface area contributed by atoms with Gasteiger partial charge in [0, 0.05) is 35.8 Å². The molecule has 2 aromatic heterocycles. The molecule has 4 rings (SSSR count). The Labute approximate surface area is 165 Å². The molecule has 138 valence electrons. The maximum atomic E-state index is 13.8. The summed E-state index contributed by atoms with van der Waals surface area (Å²) in [6, 6.07) is 11.0. The fraction of sp³-hybridized carbons (Fsp3) is 0.250. The van der Waals surface area contributed by atoms with Gasteiger partial charge in [-0.15, -0.1) is 0 Å². The van der Waals surface area contributed by atoms with Gasteiger partial charge in [-0.05, 0) is 59.1 Å². The highest BCUT2D eigenvalue weighted by atomic mass is 79.9. The van der Waals surface area contributed by atoms with Crippen LogP contribution in [0.15, 0.2) is 53.3 Å². The predicted octanol–water partition coefficient (Wildman–Crippen LogP) is 5.54. The fourth-order valence-electron chi connectivity index (χ4n) is 3.22. The molecule has 0 bridgehead atoms. The summed E-state index contributed by atoms with van der Waals surface area (Å²) in [5.74, 6) is 0.864. The summed E-state index contributed by atoms with van der Waals surface area (Å²) in [6.45, 7) is 0. The zero-order valence-corrected chi connectivity index (χ0v) is 16.2. The predicted molar refractivity (Wildman–Crippen MR) is 109 cm³/mol. The van der Waals surface area contributed by atoms with E-state index in [-0.39, 0.29) is 5.82 Å². The lowest BCUT2D eigenvalue weighted by Crippen LogP contribution is -2.17. The summed E-state index contributed by atoms with van der Waals surface area (Å²) in [6.07, 6.45) is 8.18. The molecule has 0 saturated heterocycles. The first-order chi connectivity index (χ1) is 13.2. The van der Waals surface area contributed by atoms with Crippen LogP contribution in [-0.2, 0) is 0 Å². The van der Waals surface area contributed by atoms with Crippen molar-refractivity contribution in [1.29, 1.82) is 0 Å². The summed E-state index contributed by atoms with van der Waals surface area (Å²) < 4.78 is 14.3. The van der Waals surface area contributed by atoms with Crippen LogP contribution in [0, 0.1) is 5.82 Å². The van der Waals surface area contributed by atoms with Crippen LogP contribution >= 0.6 is 15.9 Å². The van der Waals surface area contributed by atoms with Gasteiger partial charge in [0.25, 0.3) is 0 Å². The van der Waals surface area contributed by atoms with E-state index in [9.17, 15) is 4.39 Å². The summed E-state index contributed by atoms with van der Waals surface area (Å²) in [5, 5.41) is 6.62. The zero-order chi connectivity index (χ0) is 18.6. The fourth-order valence-corrected chi connectivity index (χ4v) is 3.47. The van der Waals surface area contributed by atoms with Gasteiger partial charge < -0.3 is 10.6 Å². The second-order valence-corrected chi connectivity index (χ2v) is 7.43. The smallest absolute Gasteiger partial charge is 0.225 e. The number of nitrogens with zero attached hydrogens (tertiary/aromatic N) is 3. The van der Waals surface area contributed by atoms with Crippen LogP contribution in [-0.4, -0.2) is 21.0 Å². The van der Waals surface area contributed by atoms with E-state index in [2.05, 4.69) is 41.5 Å². The van der Waals surface area contributed by atoms with E-state index >= 15 is 0 Å². The van der Waals surface area contributed by atoms with E-state index in [0.29, 0.717) is 28.0 Å². The van der Waals surface area contributed by atoms with Crippen molar-refractivity contribution in [3.8, 4) is 11.3 Å². The van der Waals surface area contributed by atoms with Crippen LogP contribution in [0.1, 0.15) is 25.7 Å². The Morgan fingerprint density at radius 3 is 2.52 bits per heavy atom. The third-order valence-electron chi connectivity index (χ3n) is 4.58. The van der Waals surface area contributed by atoms with Gasteiger partial charge in [-0.2, -0.15) is 4.98 Å². The third kappa shape index (κ3) is 4.42. The summed E-state index contributed by atoms with van der Waals surface area (Å²) >= 11 is 3.17. The van der Waals surface area contributed by atoms with Gasteiger partial charge in [-0.1, -0.05) is 12.8 Å². The van der Waals surface area contributed by atoms with Crippen molar-refractivity contribution in [2.75, 3.05) is 10.6 Å². The van der Waals surface area contributed by atoms with E-state index in [1.807, 2.05) is 18.2 Å². The number of hydrogen-bond acceptors (Lipinski definition) is 5. The molecule has 2 N–H and O–H groups in total. The first-order valence-electron chi connectivity index (χ1n) is 8.95. The SMILES string of the molecule is Fc1cc(Nc2cc(-c3ccncc3)nc(NC3CCCC3)n2)ccc1Br. The standard InChI is InChI=1S/C20H19BrFN5/c21-16-6-5-15(11-17(16)22)24-19-12-18(13-7-9-23-10-8-13)26-20(27-19)25-14-3-1-2-4-14/h5-12,14H,1-4H2,(H2,24,25,26,27). The second-order valence-electron chi connectivity index (χ2n) is 6.58. The van der Waals surface area contributed by atoms with Crippen molar-refractivity contribution in [3.63, 3.8) is 0 Å². The molecular formula is C20H19BrFN5. The molecular weight excluding hydrogens is 409 g/mol. The van der Waals surface area contributed by atoms with Gasteiger partial charge in [-0.3, -0.25) is 4.98 Å². The van der Waals surface area contributed by atoms with Crippen LogP contribution in [0.4, 0.5) is 21.8 Å². The topological polar surface area (TPSA) is 62.7 Å². The number of nitrogens with one attached hydrogen (secondary N) is 2. The van der Waals surface area contributed by atoms with Crippen LogP contribution in [0.25, 0.3) is 11.3 Å². The minimum atomic E-state index is -0.326. The number of rotatable bonds is 5. The van der Waals surface area contributed by atoms with Gasteiger partial charge in [0.05, 0.1) is 10.2 Å². The second kappa shape index (κ2) is 8.00. The molecule has 1 saturated carbocycles. The molecule has 1 aliphatic rings. The molecule has 3 aromatic rings. The lowest BCUT2D eigenvalue weighted by molar-refractivity contribution is 0.622. The quantitative estimate of drug-likeness (QED) is 0.559. The molecule has 0 aliphatic heterocycles. The molecule has 0 spiro atoms. The van der Waals surface area contributed by atoms with E-state index in [1.165, 1.54) is 18.9 Å². The Hall–Kier alpha value is -2.54. The summed E-state index contributed by atoms with van der Waals surface area (Å²) in [4.78, 5) is 13.3. The Kier molecular flexibility index (Phi) is 5.29. The minimum Gasteiger partial charge on any atom is -0.351 e. The maximum Gasteiger partial charge on any atom is 0.225 e. The molecule has 0 unspecified atom stereocenters. The van der Waals surface area contributed by atoms with Crippen LogP contribution in [0.5, 0.6) is 0 Å². The lowest BCUT2D eigenvalue weighted by atomic mass is 10.2. The number of pyridine rings is 1. The zero-order valence-electron chi connectivity index (χ0n) is 14.6. The molecule has 1 aliphatic carbocycles. The van der Waals surface area contributed by atoms with Crippen molar-refractivity contribution in [2.24, 2.45) is 0 Å². The number of benzene rings is 1. The largest absolute Gasteiger partial charge is 0.351 e. The highest BCUT2D eigenvalue weighted by molar-refractivity contribution is 9.10. The van der Waals surface area contributed by atoms with Crippen molar-refractivity contribution in [1.82, 2.24) is 15.0 Å². The molecule has 1 aromatic carbocycles. The van der Waals surface area contributed by atoms with Gasteiger partial charge in [0.15, 0.2) is 0 Å². The molecule has 0 atom stereocenters. The first-order valence-corrected chi connectivity index (χ1v) is 9.75.